The zero-order valence-electron chi connectivity index (χ0n) is 6.51. The van der Waals surface area contributed by atoms with Gasteiger partial charge in [-0.3, -0.25) is 0 Å². The zero-order chi connectivity index (χ0) is 8.55. The van der Waals surface area contributed by atoms with Crippen LogP contribution in [0.5, 0.6) is 0 Å². The van der Waals surface area contributed by atoms with Gasteiger partial charge in [0.2, 0.25) is 0 Å². The first-order valence-corrected chi connectivity index (χ1v) is 3.94. The smallest absolute Gasteiger partial charge is 0.111 e. The molecule has 2 N–H and O–H groups in total. The van der Waals surface area contributed by atoms with Gasteiger partial charge in [0, 0.05) is 11.8 Å². The highest BCUT2D eigenvalue weighted by atomic mass is 16.3. The Morgan fingerprint density at radius 1 is 0.833 bits per heavy atom. The lowest BCUT2D eigenvalue weighted by Crippen LogP contribution is -2.13. The van der Waals surface area contributed by atoms with Crippen LogP contribution < -0.4 is 0 Å². The summed E-state index contributed by atoms with van der Waals surface area (Å²) >= 11 is 0. The van der Waals surface area contributed by atoms with Crippen LogP contribution in [0.4, 0.5) is 0 Å². The molecular weight excluding hydrogens is 152 g/mol. The maximum atomic E-state index is 9.17. The van der Waals surface area contributed by atoms with Crippen molar-refractivity contribution in [2.45, 2.75) is 0 Å². The van der Waals surface area contributed by atoms with Crippen molar-refractivity contribution in [3.63, 3.8) is 0 Å². The van der Waals surface area contributed by atoms with Crippen molar-refractivity contribution >= 4 is 0 Å². The molecule has 0 aliphatic heterocycles. The normalized spacial score (nSPS) is 32.3. The molecule has 2 atom stereocenters. The summed E-state index contributed by atoms with van der Waals surface area (Å²) in [5.41, 5.74) is 0. The lowest BCUT2D eigenvalue weighted by molar-refractivity contribution is 0.401. The van der Waals surface area contributed by atoms with E-state index in [4.69, 9.17) is 0 Å². The van der Waals surface area contributed by atoms with Gasteiger partial charge in [-0.1, -0.05) is 12.2 Å². The molecule has 0 fully saturated rings. The third-order valence-corrected chi connectivity index (χ3v) is 2.15. The zero-order valence-corrected chi connectivity index (χ0v) is 6.51. The predicted octanol–water partition coefficient (Wildman–Crippen LogP) is 2.24. The molecule has 62 valence electrons. The van der Waals surface area contributed by atoms with Gasteiger partial charge in [-0.25, -0.2) is 0 Å². The molecule has 0 spiro atoms. The molecular formula is C10H10O2. The minimum absolute atomic E-state index is 0.200. The lowest BCUT2D eigenvalue weighted by atomic mass is 9.84. The number of aliphatic hydroxyl groups is 2. The molecule has 0 bridgehead atoms. The molecule has 2 aliphatic carbocycles. The Morgan fingerprint density at radius 2 is 1.25 bits per heavy atom. The highest BCUT2D eigenvalue weighted by Gasteiger charge is 2.19. The maximum absolute atomic E-state index is 9.17. The Balaban J connectivity index is 2.29. The molecule has 12 heavy (non-hydrogen) atoms. The molecule has 0 saturated carbocycles. The van der Waals surface area contributed by atoms with Crippen molar-refractivity contribution in [3.8, 4) is 0 Å². The van der Waals surface area contributed by atoms with E-state index >= 15 is 0 Å². The van der Waals surface area contributed by atoms with Crippen LogP contribution in [0.1, 0.15) is 0 Å². The monoisotopic (exact) mass is 162 g/mol. The fraction of sp³-hybridized carbons (Fsp3) is 0.200. The quantitative estimate of drug-likeness (QED) is 0.573. The molecule has 2 nitrogen and oxygen atoms in total. The van der Waals surface area contributed by atoms with Crippen molar-refractivity contribution in [2.75, 3.05) is 0 Å². The van der Waals surface area contributed by atoms with Gasteiger partial charge >= 0.3 is 0 Å². The van der Waals surface area contributed by atoms with Gasteiger partial charge in [-0.2, -0.15) is 0 Å². The number of hydrogen-bond acceptors (Lipinski definition) is 2. The van der Waals surface area contributed by atoms with E-state index in [9.17, 15) is 10.2 Å². The minimum atomic E-state index is 0.200. The third-order valence-electron chi connectivity index (χ3n) is 2.15. The second kappa shape index (κ2) is 2.55. The number of hydrogen-bond donors (Lipinski definition) is 2. The van der Waals surface area contributed by atoms with Crippen molar-refractivity contribution in [1.29, 1.82) is 0 Å². The summed E-state index contributed by atoms with van der Waals surface area (Å²) in [6.45, 7) is 0. The number of aliphatic hydroxyl groups excluding tert-OH is 2. The van der Waals surface area contributed by atoms with E-state index in [1.165, 1.54) is 0 Å². The fourth-order valence-corrected chi connectivity index (χ4v) is 1.51. The van der Waals surface area contributed by atoms with Crippen molar-refractivity contribution in [2.24, 2.45) is 11.8 Å². The Hall–Kier alpha value is -1.44. The summed E-state index contributed by atoms with van der Waals surface area (Å²) in [4.78, 5) is 0. The second-order valence-electron chi connectivity index (χ2n) is 3.06. The average Bonchev–Trinajstić information content (AvgIpc) is 2.05. The third kappa shape index (κ3) is 1.16. The first-order valence-electron chi connectivity index (χ1n) is 3.94. The molecule has 2 heteroatoms. The van der Waals surface area contributed by atoms with E-state index in [0.29, 0.717) is 11.5 Å². The maximum Gasteiger partial charge on any atom is 0.111 e. The van der Waals surface area contributed by atoms with E-state index in [2.05, 4.69) is 0 Å². The standard InChI is InChI=1S/C10H10O2/c11-9-3-1-7-5-10(12)4-2-8(7)6-9/h1-8,11-12H. The van der Waals surface area contributed by atoms with Crippen LogP contribution in [0.2, 0.25) is 0 Å². The molecule has 0 heterocycles. The summed E-state index contributed by atoms with van der Waals surface area (Å²) in [5, 5.41) is 18.3. The highest BCUT2D eigenvalue weighted by molar-refractivity contribution is 5.32. The van der Waals surface area contributed by atoms with Crippen LogP contribution in [-0.2, 0) is 0 Å². The van der Waals surface area contributed by atoms with Crippen LogP contribution in [0.25, 0.3) is 0 Å². The van der Waals surface area contributed by atoms with E-state index < -0.39 is 0 Å². The van der Waals surface area contributed by atoms with E-state index in [1.807, 2.05) is 12.2 Å². The molecule has 2 rings (SSSR count). The van der Waals surface area contributed by atoms with E-state index in [0.717, 1.165) is 0 Å². The molecule has 0 aromatic rings. The Morgan fingerprint density at radius 3 is 1.67 bits per heavy atom. The molecule has 2 aliphatic rings. The van der Waals surface area contributed by atoms with Gasteiger partial charge in [0.1, 0.15) is 11.5 Å². The number of fused-ring (bicyclic) bond motifs is 1. The van der Waals surface area contributed by atoms with Gasteiger partial charge in [-0.15, -0.1) is 0 Å². The minimum Gasteiger partial charge on any atom is -0.508 e. The first kappa shape index (κ1) is 7.22. The Bertz CT molecular complexity index is 276. The van der Waals surface area contributed by atoms with Crippen LogP contribution in [0.15, 0.2) is 48.0 Å². The fourth-order valence-electron chi connectivity index (χ4n) is 1.51. The van der Waals surface area contributed by atoms with Crippen LogP contribution in [-0.4, -0.2) is 10.2 Å². The molecule has 0 amide bonds. The molecule has 2 unspecified atom stereocenters. The molecule has 0 aromatic heterocycles. The van der Waals surface area contributed by atoms with Crippen LogP contribution in [0, 0.1) is 11.8 Å². The first-order chi connectivity index (χ1) is 5.75. The summed E-state index contributed by atoms with van der Waals surface area (Å²) in [5.74, 6) is 1.00. The van der Waals surface area contributed by atoms with Gasteiger partial charge in [0.15, 0.2) is 0 Å². The summed E-state index contributed by atoms with van der Waals surface area (Å²) in [6.07, 6.45) is 10.7. The number of allylic oxidation sites excluding steroid dienone is 6. The average molecular weight is 162 g/mol. The van der Waals surface area contributed by atoms with E-state index in [1.54, 1.807) is 24.3 Å². The molecule has 0 saturated heterocycles. The van der Waals surface area contributed by atoms with Gasteiger partial charge in [0.25, 0.3) is 0 Å². The van der Waals surface area contributed by atoms with Gasteiger partial charge in [-0.05, 0) is 24.3 Å². The van der Waals surface area contributed by atoms with Gasteiger partial charge in [0.05, 0.1) is 0 Å². The Labute approximate surface area is 70.8 Å². The number of rotatable bonds is 0. The summed E-state index contributed by atoms with van der Waals surface area (Å²) < 4.78 is 0. The van der Waals surface area contributed by atoms with Crippen LogP contribution in [0.3, 0.4) is 0 Å². The van der Waals surface area contributed by atoms with E-state index in [-0.39, 0.29) is 11.8 Å². The second-order valence-corrected chi connectivity index (χ2v) is 3.06. The largest absolute Gasteiger partial charge is 0.508 e. The summed E-state index contributed by atoms with van der Waals surface area (Å²) in [7, 11) is 0. The summed E-state index contributed by atoms with van der Waals surface area (Å²) in [6, 6.07) is 0. The highest BCUT2D eigenvalue weighted by Crippen LogP contribution is 2.28. The van der Waals surface area contributed by atoms with Crippen molar-refractivity contribution < 1.29 is 10.2 Å². The van der Waals surface area contributed by atoms with Crippen LogP contribution >= 0.6 is 0 Å². The Kier molecular flexibility index (Phi) is 1.54. The SMILES string of the molecule is OC1=CC2C=CC(O)=CC2C=C1. The molecule has 0 radical (unpaired) electrons. The van der Waals surface area contributed by atoms with Crippen molar-refractivity contribution in [1.82, 2.24) is 0 Å². The lowest BCUT2D eigenvalue weighted by Gasteiger charge is -2.21. The molecule has 0 aromatic carbocycles. The predicted molar refractivity (Wildman–Crippen MR) is 46.7 cm³/mol. The topological polar surface area (TPSA) is 40.5 Å². The van der Waals surface area contributed by atoms with Gasteiger partial charge < -0.3 is 10.2 Å². The van der Waals surface area contributed by atoms with Crippen molar-refractivity contribution in [3.05, 3.63) is 48.0 Å².